The summed E-state index contributed by atoms with van der Waals surface area (Å²) < 4.78 is 0. The van der Waals surface area contributed by atoms with Crippen LogP contribution in [0.2, 0.25) is 0 Å². The van der Waals surface area contributed by atoms with Gasteiger partial charge in [0.1, 0.15) is 0 Å². The summed E-state index contributed by atoms with van der Waals surface area (Å²) in [5.74, 6) is -0.153. The Bertz CT molecular complexity index is 680. The van der Waals surface area contributed by atoms with Crippen molar-refractivity contribution >= 4 is 5.91 Å². The molecule has 1 aliphatic heterocycles. The molecule has 0 bridgehead atoms. The average Bonchev–Trinajstić information content (AvgIpc) is 2.96. The van der Waals surface area contributed by atoms with Crippen LogP contribution in [-0.2, 0) is 6.54 Å². The molecule has 1 amide bonds. The molecule has 6 nitrogen and oxygen atoms in total. The number of nitrogens with zero attached hydrogens (tertiary/aromatic N) is 4. The van der Waals surface area contributed by atoms with E-state index in [0.717, 1.165) is 13.1 Å². The maximum Gasteiger partial charge on any atom is 0.255 e. The highest BCUT2D eigenvalue weighted by Crippen LogP contribution is 2.24. The van der Waals surface area contributed by atoms with Crippen LogP contribution in [0.1, 0.15) is 22.3 Å². The number of carbonyl (C=O) groups is 1. The molecule has 2 aromatic rings. The molecule has 1 saturated heterocycles. The molecule has 3 rings (SSSR count). The molecule has 1 aromatic carbocycles. The standard InChI is InChI=1S/C18H22N4O2/c1-21(17(23)16-7-9-19-20-11-16)13-18(24)8-10-22(14-18)12-15-5-3-2-4-6-15/h2-7,9,11,24H,8,10,12-14H2,1H3/t18-/m0/s1. The molecule has 0 spiro atoms. The molecule has 1 atom stereocenters. The van der Waals surface area contributed by atoms with Gasteiger partial charge < -0.3 is 10.0 Å². The fraction of sp³-hybridized carbons (Fsp3) is 0.389. The highest BCUT2D eigenvalue weighted by Gasteiger charge is 2.37. The van der Waals surface area contributed by atoms with Gasteiger partial charge in [0.2, 0.25) is 0 Å². The van der Waals surface area contributed by atoms with Crippen LogP contribution in [0.15, 0.2) is 48.8 Å². The van der Waals surface area contributed by atoms with Gasteiger partial charge in [-0.05, 0) is 18.1 Å². The Balaban J connectivity index is 1.58. The summed E-state index contributed by atoms with van der Waals surface area (Å²) in [4.78, 5) is 16.2. The van der Waals surface area contributed by atoms with Crippen molar-refractivity contribution < 1.29 is 9.90 Å². The third-order valence-electron chi connectivity index (χ3n) is 4.37. The van der Waals surface area contributed by atoms with Gasteiger partial charge >= 0.3 is 0 Å². The third-order valence-corrected chi connectivity index (χ3v) is 4.37. The summed E-state index contributed by atoms with van der Waals surface area (Å²) in [6, 6.07) is 11.8. The van der Waals surface area contributed by atoms with E-state index in [1.54, 1.807) is 18.0 Å². The minimum absolute atomic E-state index is 0.153. The summed E-state index contributed by atoms with van der Waals surface area (Å²) in [5.41, 5.74) is 0.837. The number of likely N-dealkylation sites (tertiary alicyclic amines) is 1. The first-order valence-electron chi connectivity index (χ1n) is 8.07. The second kappa shape index (κ2) is 7.07. The van der Waals surface area contributed by atoms with Gasteiger partial charge in [-0.3, -0.25) is 9.69 Å². The minimum Gasteiger partial charge on any atom is -0.387 e. The van der Waals surface area contributed by atoms with Gasteiger partial charge in [-0.1, -0.05) is 30.3 Å². The van der Waals surface area contributed by atoms with Crippen molar-refractivity contribution in [2.75, 3.05) is 26.7 Å². The van der Waals surface area contributed by atoms with E-state index >= 15 is 0 Å². The van der Waals surface area contributed by atoms with Crippen LogP contribution in [0.5, 0.6) is 0 Å². The van der Waals surface area contributed by atoms with Gasteiger partial charge in [-0.15, -0.1) is 0 Å². The van der Waals surface area contributed by atoms with Crippen LogP contribution in [0.25, 0.3) is 0 Å². The van der Waals surface area contributed by atoms with Crippen molar-refractivity contribution in [2.24, 2.45) is 0 Å². The van der Waals surface area contributed by atoms with Crippen molar-refractivity contribution in [3.63, 3.8) is 0 Å². The monoisotopic (exact) mass is 326 g/mol. The fourth-order valence-corrected chi connectivity index (χ4v) is 3.20. The van der Waals surface area contributed by atoms with E-state index in [9.17, 15) is 9.90 Å². The first-order valence-corrected chi connectivity index (χ1v) is 8.07. The number of hydrogen-bond acceptors (Lipinski definition) is 5. The Kier molecular flexibility index (Phi) is 4.87. The molecule has 1 N–H and O–H groups in total. The molecule has 1 fully saturated rings. The highest BCUT2D eigenvalue weighted by molar-refractivity contribution is 5.93. The van der Waals surface area contributed by atoms with Crippen molar-refractivity contribution in [3.8, 4) is 0 Å². The zero-order chi connectivity index (χ0) is 17.0. The number of β-amino-alcohol motifs (C(OH)–C–C–N with tert-alkyl or cyclic N) is 1. The van der Waals surface area contributed by atoms with E-state index in [1.807, 2.05) is 18.2 Å². The van der Waals surface area contributed by atoms with Crippen molar-refractivity contribution in [3.05, 3.63) is 59.9 Å². The van der Waals surface area contributed by atoms with Crippen molar-refractivity contribution in [1.82, 2.24) is 20.0 Å². The lowest BCUT2D eigenvalue weighted by Crippen LogP contribution is -2.45. The predicted molar refractivity (Wildman–Crippen MR) is 90.3 cm³/mol. The van der Waals surface area contributed by atoms with E-state index < -0.39 is 5.60 Å². The van der Waals surface area contributed by atoms with Crippen LogP contribution in [-0.4, -0.2) is 63.3 Å². The number of aliphatic hydroxyl groups is 1. The Morgan fingerprint density at radius 3 is 2.79 bits per heavy atom. The van der Waals surface area contributed by atoms with Crippen LogP contribution in [0.3, 0.4) is 0 Å². The van der Waals surface area contributed by atoms with E-state index in [-0.39, 0.29) is 5.91 Å². The molecule has 1 aromatic heterocycles. The van der Waals surface area contributed by atoms with Crippen molar-refractivity contribution in [1.29, 1.82) is 0 Å². The van der Waals surface area contributed by atoms with E-state index in [4.69, 9.17) is 0 Å². The summed E-state index contributed by atoms with van der Waals surface area (Å²) in [6.45, 7) is 2.51. The topological polar surface area (TPSA) is 69.6 Å². The average molecular weight is 326 g/mol. The normalized spacial score (nSPS) is 20.9. The largest absolute Gasteiger partial charge is 0.387 e. The van der Waals surface area contributed by atoms with E-state index in [2.05, 4.69) is 27.2 Å². The Morgan fingerprint density at radius 1 is 1.29 bits per heavy atom. The Hall–Kier alpha value is -2.31. The van der Waals surface area contributed by atoms with Crippen molar-refractivity contribution in [2.45, 2.75) is 18.6 Å². The number of likely N-dealkylation sites (N-methyl/N-ethyl adjacent to an activating group) is 1. The number of aromatic nitrogens is 2. The summed E-state index contributed by atoms with van der Waals surface area (Å²) in [7, 11) is 1.71. The molecule has 0 unspecified atom stereocenters. The molecule has 0 saturated carbocycles. The maximum absolute atomic E-state index is 12.4. The van der Waals surface area contributed by atoms with Gasteiger partial charge in [0.25, 0.3) is 5.91 Å². The van der Waals surface area contributed by atoms with E-state index in [1.165, 1.54) is 18.0 Å². The molecular formula is C18H22N4O2. The summed E-state index contributed by atoms with van der Waals surface area (Å²) >= 11 is 0. The quantitative estimate of drug-likeness (QED) is 0.894. The fourth-order valence-electron chi connectivity index (χ4n) is 3.20. The van der Waals surface area contributed by atoms with Gasteiger partial charge in [-0.2, -0.15) is 10.2 Å². The second-order valence-corrected chi connectivity index (χ2v) is 6.46. The van der Waals surface area contributed by atoms with Crippen LogP contribution in [0.4, 0.5) is 0 Å². The van der Waals surface area contributed by atoms with Crippen LogP contribution < -0.4 is 0 Å². The van der Waals surface area contributed by atoms with Gasteiger partial charge in [0.15, 0.2) is 0 Å². The summed E-state index contributed by atoms with van der Waals surface area (Å²) in [6.07, 6.45) is 3.60. The minimum atomic E-state index is -0.875. The molecule has 2 heterocycles. The second-order valence-electron chi connectivity index (χ2n) is 6.46. The lowest BCUT2D eigenvalue weighted by molar-refractivity contribution is 0.0170. The SMILES string of the molecule is CN(C[C@@]1(O)CCN(Cc2ccccc2)C1)C(=O)c1ccnnc1. The third kappa shape index (κ3) is 3.96. The Morgan fingerprint density at radius 2 is 2.08 bits per heavy atom. The smallest absolute Gasteiger partial charge is 0.255 e. The molecule has 24 heavy (non-hydrogen) atoms. The zero-order valence-corrected chi connectivity index (χ0v) is 13.8. The van der Waals surface area contributed by atoms with Gasteiger partial charge in [0, 0.05) is 26.7 Å². The predicted octanol–water partition coefficient (Wildman–Crippen LogP) is 1.19. The molecule has 1 aliphatic rings. The first kappa shape index (κ1) is 16.5. The highest BCUT2D eigenvalue weighted by atomic mass is 16.3. The number of rotatable bonds is 5. The van der Waals surface area contributed by atoms with Gasteiger partial charge in [0.05, 0.1) is 30.1 Å². The zero-order valence-electron chi connectivity index (χ0n) is 13.8. The van der Waals surface area contributed by atoms with Crippen LogP contribution >= 0.6 is 0 Å². The first-order chi connectivity index (χ1) is 11.6. The van der Waals surface area contributed by atoms with Crippen LogP contribution in [0, 0.1) is 0 Å². The molecule has 6 heteroatoms. The number of amides is 1. The number of carbonyl (C=O) groups excluding carboxylic acids is 1. The molecular weight excluding hydrogens is 304 g/mol. The maximum atomic E-state index is 12.4. The van der Waals surface area contributed by atoms with E-state index in [0.29, 0.717) is 25.1 Å². The summed E-state index contributed by atoms with van der Waals surface area (Å²) in [5, 5.41) is 18.2. The number of hydrogen-bond donors (Lipinski definition) is 1. The Labute approximate surface area is 141 Å². The molecule has 0 radical (unpaired) electrons. The van der Waals surface area contributed by atoms with Gasteiger partial charge in [-0.25, -0.2) is 0 Å². The molecule has 126 valence electrons. The number of benzene rings is 1. The lowest BCUT2D eigenvalue weighted by Gasteiger charge is -2.29. The lowest BCUT2D eigenvalue weighted by atomic mass is 10.0. The molecule has 0 aliphatic carbocycles.